The van der Waals surface area contributed by atoms with Gasteiger partial charge in [0.25, 0.3) is 0 Å². The summed E-state index contributed by atoms with van der Waals surface area (Å²) in [6.07, 6.45) is 6.12. The minimum Gasteiger partial charge on any atom is -0.205 e. The summed E-state index contributed by atoms with van der Waals surface area (Å²) in [4.78, 5) is 0. The fraction of sp³-hybridized carbons (Fsp3) is 0.538. The smallest absolute Gasteiger partial charge is 0.141 e. The molecule has 16 heavy (non-hydrogen) atoms. The number of halogens is 3. The molecule has 0 aliphatic heterocycles. The molecule has 0 atom stereocenters. The number of alkyl halides is 1. The van der Waals surface area contributed by atoms with Crippen molar-refractivity contribution in [3.63, 3.8) is 0 Å². The second-order valence-corrected chi connectivity index (χ2v) is 5.73. The summed E-state index contributed by atoms with van der Waals surface area (Å²) in [7, 11) is 0. The Morgan fingerprint density at radius 2 is 2.00 bits per heavy atom. The van der Waals surface area contributed by atoms with Crippen LogP contribution >= 0.6 is 27.5 Å². The van der Waals surface area contributed by atoms with Gasteiger partial charge in [-0.25, -0.2) is 4.39 Å². The van der Waals surface area contributed by atoms with E-state index in [2.05, 4.69) is 15.9 Å². The lowest BCUT2D eigenvalue weighted by Gasteiger charge is -2.26. The van der Waals surface area contributed by atoms with E-state index in [0.717, 1.165) is 17.3 Å². The van der Waals surface area contributed by atoms with Crippen molar-refractivity contribution in [2.75, 3.05) is 5.33 Å². The molecular formula is C13H15BrClF. The minimum absolute atomic E-state index is 0.236. The van der Waals surface area contributed by atoms with Gasteiger partial charge in [0.1, 0.15) is 5.82 Å². The van der Waals surface area contributed by atoms with Crippen LogP contribution < -0.4 is 0 Å². The van der Waals surface area contributed by atoms with Crippen LogP contribution in [-0.2, 0) is 6.42 Å². The lowest BCUT2D eigenvalue weighted by Crippen LogP contribution is -2.21. The molecule has 1 aliphatic carbocycles. The Hall–Kier alpha value is -0.0800. The molecule has 0 unspecified atom stereocenters. The summed E-state index contributed by atoms with van der Waals surface area (Å²) in [5.74, 6) is -0.329. The molecule has 1 saturated carbocycles. The van der Waals surface area contributed by atoms with E-state index in [-0.39, 0.29) is 10.8 Å². The second kappa shape index (κ2) is 5.05. The van der Waals surface area contributed by atoms with Crippen LogP contribution in [0.25, 0.3) is 0 Å². The SMILES string of the molecule is Fc1ccc(CC2(CBr)CCCC2)cc1Cl. The molecule has 3 heteroatoms. The van der Waals surface area contributed by atoms with Gasteiger partial charge in [-0.15, -0.1) is 0 Å². The summed E-state index contributed by atoms with van der Waals surface area (Å²) in [6, 6.07) is 5.08. The van der Waals surface area contributed by atoms with Crippen LogP contribution in [0.2, 0.25) is 5.02 Å². The Balaban J connectivity index is 2.16. The van der Waals surface area contributed by atoms with Crippen LogP contribution in [0.15, 0.2) is 18.2 Å². The molecule has 1 aliphatic rings. The van der Waals surface area contributed by atoms with E-state index in [1.165, 1.54) is 31.7 Å². The van der Waals surface area contributed by atoms with Gasteiger partial charge < -0.3 is 0 Å². The van der Waals surface area contributed by atoms with E-state index in [1.807, 2.05) is 6.07 Å². The van der Waals surface area contributed by atoms with Crippen molar-refractivity contribution < 1.29 is 4.39 Å². The molecule has 0 radical (unpaired) electrons. The van der Waals surface area contributed by atoms with E-state index < -0.39 is 0 Å². The Morgan fingerprint density at radius 1 is 1.31 bits per heavy atom. The molecule has 1 aromatic carbocycles. The first kappa shape index (κ1) is 12.4. The molecular weight excluding hydrogens is 290 g/mol. The van der Waals surface area contributed by atoms with Crippen molar-refractivity contribution >= 4 is 27.5 Å². The van der Waals surface area contributed by atoms with Crippen molar-refractivity contribution in [2.24, 2.45) is 5.41 Å². The largest absolute Gasteiger partial charge is 0.205 e. The standard InChI is InChI=1S/C13H15BrClF/c14-9-13(5-1-2-6-13)8-10-3-4-12(16)11(15)7-10/h3-4,7H,1-2,5-6,8-9H2. The first-order valence-corrected chi connectivity index (χ1v) is 7.15. The van der Waals surface area contributed by atoms with Crippen LogP contribution in [0.5, 0.6) is 0 Å². The number of rotatable bonds is 3. The van der Waals surface area contributed by atoms with Crippen LogP contribution in [0.1, 0.15) is 31.2 Å². The van der Waals surface area contributed by atoms with Crippen molar-refractivity contribution in [3.8, 4) is 0 Å². The molecule has 0 bridgehead atoms. The topological polar surface area (TPSA) is 0 Å². The summed E-state index contributed by atoms with van der Waals surface area (Å²) in [5.41, 5.74) is 1.51. The molecule has 0 aromatic heterocycles. The Labute approximate surface area is 109 Å². The van der Waals surface area contributed by atoms with Gasteiger partial charge in [-0.3, -0.25) is 0 Å². The van der Waals surface area contributed by atoms with Crippen LogP contribution in [-0.4, -0.2) is 5.33 Å². The number of benzene rings is 1. The third kappa shape index (κ3) is 2.60. The summed E-state index contributed by atoms with van der Waals surface area (Å²) < 4.78 is 13.0. The highest BCUT2D eigenvalue weighted by Crippen LogP contribution is 2.42. The van der Waals surface area contributed by atoms with Gasteiger partial charge in [0.2, 0.25) is 0 Å². The summed E-state index contributed by atoms with van der Waals surface area (Å²) in [6.45, 7) is 0. The number of hydrogen-bond acceptors (Lipinski definition) is 0. The van der Waals surface area contributed by atoms with E-state index in [9.17, 15) is 4.39 Å². The molecule has 0 nitrogen and oxygen atoms in total. The molecule has 0 amide bonds. The maximum Gasteiger partial charge on any atom is 0.141 e. The highest BCUT2D eigenvalue weighted by molar-refractivity contribution is 9.09. The van der Waals surface area contributed by atoms with E-state index >= 15 is 0 Å². The third-order valence-electron chi connectivity index (χ3n) is 3.51. The maximum absolute atomic E-state index is 13.0. The van der Waals surface area contributed by atoms with Gasteiger partial charge in [0.15, 0.2) is 0 Å². The summed E-state index contributed by atoms with van der Waals surface area (Å²) >= 11 is 9.42. The zero-order chi connectivity index (χ0) is 11.6. The first-order chi connectivity index (χ1) is 7.65. The fourth-order valence-electron chi connectivity index (χ4n) is 2.57. The lowest BCUT2D eigenvalue weighted by atomic mass is 9.82. The summed E-state index contributed by atoms with van der Waals surface area (Å²) in [5, 5.41) is 1.26. The van der Waals surface area contributed by atoms with Gasteiger partial charge in [-0.1, -0.05) is 46.4 Å². The molecule has 0 N–H and O–H groups in total. The van der Waals surface area contributed by atoms with Crippen molar-refractivity contribution in [1.82, 2.24) is 0 Å². The predicted octanol–water partition coefficient (Wildman–Crippen LogP) is 4.98. The molecule has 88 valence electrons. The van der Waals surface area contributed by atoms with E-state index in [1.54, 1.807) is 6.07 Å². The fourth-order valence-corrected chi connectivity index (χ4v) is 3.53. The third-order valence-corrected chi connectivity index (χ3v) is 4.99. The molecule has 0 spiro atoms. The average molecular weight is 306 g/mol. The van der Waals surface area contributed by atoms with Gasteiger partial charge in [-0.2, -0.15) is 0 Å². The first-order valence-electron chi connectivity index (χ1n) is 5.65. The second-order valence-electron chi connectivity index (χ2n) is 4.77. The Kier molecular flexibility index (Phi) is 3.91. The Bertz CT molecular complexity index is 372. The molecule has 0 saturated heterocycles. The monoisotopic (exact) mass is 304 g/mol. The van der Waals surface area contributed by atoms with Gasteiger partial charge in [-0.05, 0) is 42.4 Å². The maximum atomic E-state index is 13.0. The lowest BCUT2D eigenvalue weighted by molar-refractivity contribution is 0.346. The zero-order valence-electron chi connectivity index (χ0n) is 9.11. The van der Waals surface area contributed by atoms with E-state index in [0.29, 0.717) is 5.41 Å². The zero-order valence-corrected chi connectivity index (χ0v) is 11.5. The number of hydrogen-bond donors (Lipinski definition) is 0. The van der Waals surface area contributed by atoms with Crippen LogP contribution in [0.4, 0.5) is 4.39 Å². The normalized spacial score (nSPS) is 18.9. The minimum atomic E-state index is -0.329. The van der Waals surface area contributed by atoms with Crippen LogP contribution in [0.3, 0.4) is 0 Å². The molecule has 1 fully saturated rings. The van der Waals surface area contributed by atoms with Gasteiger partial charge >= 0.3 is 0 Å². The molecule has 1 aromatic rings. The van der Waals surface area contributed by atoms with Gasteiger partial charge in [0.05, 0.1) is 5.02 Å². The highest BCUT2D eigenvalue weighted by atomic mass is 79.9. The molecule has 0 heterocycles. The van der Waals surface area contributed by atoms with Crippen molar-refractivity contribution in [3.05, 3.63) is 34.6 Å². The highest BCUT2D eigenvalue weighted by Gasteiger charge is 2.32. The Morgan fingerprint density at radius 3 is 2.56 bits per heavy atom. The van der Waals surface area contributed by atoms with E-state index in [4.69, 9.17) is 11.6 Å². The predicted molar refractivity (Wildman–Crippen MR) is 69.8 cm³/mol. The van der Waals surface area contributed by atoms with Crippen molar-refractivity contribution in [1.29, 1.82) is 0 Å². The van der Waals surface area contributed by atoms with Gasteiger partial charge in [0, 0.05) is 5.33 Å². The molecule has 2 rings (SSSR count). The van der Waals surface area contributed by atoms with Crippen LogP contribution in [0, 0.1) is 11.2 Å². The average Bonchev–Trinajstić information content (AvgIpc) is 2.73. The quantitative estimate of drug-likeness (QED) is 0.691. The van der Waals surface area contributed by atoms with Crippen molar-refractivity contribution in [2.45, 2.75) is 32.1 Å².